The first kappa shape index (κ1) is 20.7. The Kier molecular flexibility index (Phi) is 5.63. The van der Waals surface area contributed by atoms with Crippen LogP contribution in [-0.2, 0) is 4.74 Å². The van der Waals surface area contributed by atoms with Crippen molar-refractivity contribution in [3.05, 3.63) is 77.8 Å². The minimum absolute atomic E-state index is 0.137. The van der Waals surface area contributed by atoms with Crippen molar-refractivity contribution >= 4 is 23.3 Å². The van der Waals surface area contributed by atoms with Gasteiger partial charge in [-0.05, 0) is 61.5 Å². The van der Waals surface area contributed by atoms with Crippen molar-refractivity contribution in [1.29, 1.82) is 0 Å². The van der Waals surface area contributed by atoms with Gasteiger partial charge < -0.3 is 24.5 Å². The molecule has 2 aliphatic heterocycles. The van der Waals surface area contributed by atoms with Crippen molar-refractivity contribution in [2.24, 2.45) is 0 Å². The van der Waals surface area contributed by atoms with Crippen molar-refractivity contribution < 1.29 is 19.1 Å². The topological polar surface area (TPSA) is 87.8 Å². The highest BCUT2D eigenvalue weighted by Gasteiger charge is 2.42. The van der Waals surface area contributed by atoms with E-state index in [0.717, 1.165) is 36.5 Å². The maximum Gasteiger partial charge on any atom is 0.335 e. The van der Waals surface area contributed by atoms with Gasteiger partial charge in [-0.2, -0.15) is 0 Å². The number of rotatable bonds is 6. The van der Waals surface area contributed by atoms with Crippen LogP contribution in [0.5, 0.6) is 0 Å². The SMILES string of the molecule is O=C(O)c1ccc(-c2ccc([C@H]3[C@@H](c4ccccn4)NC(=S)N3C[C@@H]3CCCO3)o2)cc1. The van der Waals surface area contributed by atoms with Crippen LogP contribution in [0.3, 0.4) is 0 Å². The zero-order chi connectivity index (χ0) is 22.1. The normalized spacial score (nSPS) is 22.8. The third kappa shape index (κ3) is 3.99. The molecule has 7 nitrogen and oxygen atoms in total. The van der Waals surface area contributed by atoms with E-state index in [9.17, 15) is 4.79 Å². The predicted octanol–water partition coefficient (Wildman–Crippen LogP) is 4.19. The minimum atomic E-state index is -0.954. The van der Waals surface area contributed by atoms with Crippen molar-refractivity contribution in [3.8, 4) is 11.3 Å². The molecule has 1 aromatic carbocycles. The summed E-state index contributed by atoms with van der Waals surface area (Å²) in [5.41, 5.74) is 1.94. The number of carbonyl (C=O) groups is 1. The molecular weight excluding hydrogens is 426 g/mol. The fraction of sp³-hybridized carbons (Fsp3) is 0.292. The molecule has 2 saturated heterocycles. The van der Waals surface area contributed by atoms with E-state index in [1.165, 1.54) is 0 Å². The van der Waals surface area contributed by atoms with E-state index in [0.29, 0.717) is 17.4 Å². The number of hydrogen-bond donors (Lipinski definition) is 2. The number of nitrogens with zero attached hydrogens (tertiary/aromatic N) is 2. The van der Waals surface area contributed by atoms with E-state index >= 15 is 0 Å². The molecule has 2 aromatic heterocycles. The summed E-state index contributed by atoms with van der Waals surface area (Å²) in [5, 5.41) is 13.2. The molecule has 3 aromatic rings. The zero-order valence-electron chi connectivity index (χ0n) is 17.3. The van der Waals surface area contributed by atoms with Crippen LogP contribution < -0.4 is 5.32 Å². The highest BCUT2D eigenvalue weighted by Crippen LogP contribution is 2.41. The largest absolute Gasteiger partial charge is 0.478 e. The van der Waals surface area contributed by atoms with E-state index in [-0.39, 0.29) is 23.8 Å². The molecule has 0 saturated carbocycles. The number of nitrogens with one attached hydrogen (secondary N) is 1. The molecule has 2 N–H and O–H groups in total. The molecule has 32 heavy (non-hydrogen) atoms. The van der Waals surface area contributed by atoms with Gasteiger partial charge in [0.1, 0.15) is 17.6 Å². The molecule has 0 aliphatic carbocycles. The fourth-order valence-corrected chi connectivity index (χ4v) is 4.68. The Bertz CT molecular complexity index is 1110. The number of aromatic carboxylic acids is 1. The number of hydrogen-bond acceptors (Lipinski definition) is 5. The van der Waals surface area contributed by atoms with Gasteiger partial charge in [-0.15, -0.1) is 0 Å². The van der Waals surface area contributed by atoms with Gasteiger partial charge in [0.15, 0.2) is 5.11 Å². The Balaban J connectivity index is 1.48. The lowest BCUT2D eigenvalue weighted by Gasteiger charge is -2.28. The van der Waals surface area contributed by atoms with Crippen LogP contribution in [0.25, 0.3) is 11.3 Å². The second-order valence-corrected chi connectivity index (χ2v) is 8.39. The molecule has 4 heterocycles. The summed E-state index contributed by atoms with van der Waals surface area (Å²) in [6.45, 7) is 1.47. The molecule has 0 spiro atoms. The Hall–Kier alpha value is -3.23. The number of pyridine rings is 1. The second-order valence-electron chi connectivity index (χ2n) is 8.00. The zero-order valence-corrected chi connectivity index (χ0v) is 18.1. The van der Waals surface area contributed by atoms with Crippen LogP contribution in [0.2, 0.25) is 0 Å². The van der Waals surface area contributed by atoms with Crippen LogP contribution in [-0.4, -0.2) is 45.3 Å². The molecule has 0 amide bonds. The van der Waals surface area contributed by atoms with Crippen LogP contribution >= 0.6 is 12.2 Å². The maximum absolute atomic E-state index is 11.1. The lowest BCUT2D eigenvalue weighted by Crippen LogP contribution is -2.36. The monoisotopic (exact) mass is 449 g/mol. The number of ether oxygens (including phenoxy) is 1. The third-order valence-electron chi connectivity index (χ3n) is 5.96. The molecule has 0 unspecified atom stereocenters. The minimum Gasteiger partial charge on any atom is -0.478 e. The summed E-state index contributed by atoms with van der Waals surface area (Å²) in [6, 6.07) is 16.0. The van der Waals surface area contributed by atoms with E-state index in [1.807, 2.05) is 30.3 Å². The van der Waals surface area contributed by atoms with Gasteiger partial charge in [0, 0.05) is 24.9 Å². The average Bonchev–Trinajstić information content (AvgIpc) is 3.56. The summed E-state index contributed by atoms with van der Waals surface area (Å²) in [7, 11) is 0. The number of thiocarbonyl (C=S) groups is 1. The second kappa shape index (κ2) is 8.72. The smallest absolute Gasteiger partial charge is 0.335 e. The van der Waals surface area contributed by atoms with E-state index in [1.54, 1.807) is 30.5 Å². The highest BCUT2D eigenvalue weighted by atomic mass is 32.1. The summed E-state index contributed by atoms with van der Waals surface area (Å²) >= 11 is 5.70. The molecular formula is C24H23N3O4S. The third-order valence-corrected chi connectivity index (χ3v) is 6.31. The number of aromatic nitrogens is 1. The van der Waals surface area contributed by atoms with Crippen LogP contribution in [0.1, 0.15) is 46.7 Å². The molecule has 8 heteroatoms. The van der Waals surface area contributed by atoms with Gasteiger partial charge in [0.05, 0.1) is 23.4 Å². The van der Waals surface area contributed by atoms with E-state index in [2.05, 4.69) is 15.2 Å². The fourth-order valence-electron chi connectivity index (χ4n) is 4.36. The molecule has 5 rings (SSSR count). The quantitative estimate of drug-likeness (QED) is 0.542. The van der Waals surface area contributed by atoms with Crippen LogP contribution in [0, 0.1) is 0 Å². The predicted molar refractivity (Wildman–Crippen MR) is 122 cm³/mol. The van der Waals surface area contributed by atoms with Gasteiger partial charge in [0.2, 0.25) is 0 Å². The lowest BCUT2D eigenvalue weighted by atomic mass is 10.0. The first-order valence-corrected chi connectivity index (χ1v) is 11.0. The van der Waals surface area contributed by atoms with Crippen LogP contribution in [0.15, 0.2) is 65.2 Å². The molecule has 0 bridgehead atoms. The van der Waals surface area contributed by atoms with Crippen molar-refractivity contribution in [2.45, 2.75) is 31.0 Å². The number of furan rings is 1. The summed E-state index contributed by atoms with van der Waals surface area (Å²) < 4.78 is 12.2. The molecule has 3 atom stereocenters. The standard InChI is InChI=1S/C24H23N3O4S/c28-23(29)16-8-6-15(7-9-16)19-10-11-20(31-19)22-21(18-5-1-2-12-25-18)26-24(32)27(22)14-17-4-3-13-30-17/h1-2,5-12,17,21-22H,3-4,13-14H2,(H,26,32)(H,28,29)/t17-,21+,22-/m0/s1. The van der Waals surface area contributed by atoms with Gasteiger partial charge in [-0.25, -0.2) is 4.79 Å². The molecule has 2 aliphatic rings. The van der Waals surface area contributed by atoms with Gasteiger partial charge >= 0.3 is 5.97 Å². The average molecular weight is 450 g/mol. The Labute approximate surface area is 191 Å². The lowest BCUT2D eigenvalue weighted by molar-refractivity contribution is 0.0696. The Morgan fingerprint density at radius 1 is 1.19 bits per heavy atom. The number of carboxylic acids is 1. The summed E-state index contributed by atoms with van der Waals surface area (Å²) in [4.78, 5) is 17.8. The first-order chi connectivity index (χ1) is 15.6. The van der Waals surface area contributed by atoms with E-state index in [4.69, 9.17) is 26.5 Å². The van der Waals surface area contributed by atoms with Gasteiger partial charge in [-0.3, -0.25) is 4.98 Å². The Morgan fingerprint density at radius 3 is 2.72 bits per heavy atom. The molecule has 164 valence electrons. The summed E-state index contributed by atoms with van der Waals surface area (Å²) in [5.74, 6) is 0.486. The Morgan fingerprint density at radius 2 is 2.03 bits per heavy atom. The van der Waals surface area contributed by atoms with Crippen molar-refractivity contribution in [1.82, 2.24) is 15.2 Å². The van der Waals surface area contributed by atoms with E-state index < -0.39 is 5.97 Å². The number of benzene rings is 1. The first-order valence-electron chi connectivity index (χ1n) is 10.6. The van der Waals surface area contributed by atoms with Crippen molar-refractivity contribution in [2.75, 3.05) is 13.2 Å². The maximum atomic E-state index is 11.1. The summed E-state index contributed by atoms with van der Waals surface area (Å²) in [6.07, 6.45) is 3.99. The number of carboxylic acid groups (broad SMARTS) is 1. The van der Waals surface area contributed by atoms with Crippen molar-refractivity contribution in [3.63, 3.8) is 0 Å². The highest BCUT2D eigenvalue weighted by molar-refractivity contribution is 7.80. The van der Waals surface area contributed by atoms with Crippen LogP contribution in [0.4, 0.5) is 0 Å². The molecule has 2 fully saturated rings. The van der Waals surface area contributed by atoms with Gasteiger partial charge in [0.25, 0.3) is 0 Å². The van der Waals surface area contributed by atoms with Gasteiger partial charge in [-0.1, -0.05) is 18.2 Å². The molecule has 0 radical (unpaired) electrons.